The van der Waals surface area contributed by atoms with Crippen LogP contribution in [0.2, 0.25) is 0 Å². The highest BCUT2D eigenvalue weighted by atomic mass is 16.7. The first-order valence-electron chi connectivity index (χ1n) is 8.65. The van der Waals surface area contributed by atoms with Crippen molar-refractivity contribution in [3.63, 3.8) is 0 Å². The third-order valence-electron chi connectivity index (χ3n) is 3.69. The molecule has 0 saturated carbocycles. The molecule has 1 aliphatic rings. The summed E-state index contributed by atoms with van der Waals surface area (Å²) in [6, 6.07) is 0. The van der Waals surface area contributed by atoms with E-state index in [1.165, 1.54) is 7.11 Å². The van der Waals surface area contributed by atoms with E-state index in [-0.39, 0.29) is 6.61 Å². The molecule has 5 atom stereocenters. The van der Waals surface area contributed by atoms with Crippen LogP contribution in [-0.4, -0.2) is 106 Å². The number of hydrogen-bond acceptors (Lipinski definition) is 9. The number of ether oxygens (including phenoxy) is 6. The second-order valence-corrected chi connectivity index (χ2v) is 5.61. The largest absolute Gasteiger partial charge is 0.394 e. The first-order valence-corrected chi connectivity index (χ1v) is 8.65. The monoisotopic (exact) mass is 368 g/mol. The highest BCUT2D eigenvalue weighted by Gasteiger charge is 2.45. The van der Waals surface area contributed by atoms with E-state index >= 15 is 0 Å². The van der Waals surface area contributed by atoms with E-state index in [0.29, 0.717) is 33.0 Å². The molecule has 0 aromatic heterocycles. The van der Waals surface area contributed by atoms with Gasteiger partial charge in [-0.2, -0.15) is 0 Å². The fraction of sp³-hybridized carbons (Fsp3) is 1.00. The van der Waals surface area contributed by atoms with Crippen molar-refractivity contribution in [1.29, 1.82) is 0 Å². The number of rotatable bonds is 14. The number of aliphatic hydroxyl groups is 3. The van der Waals surface area contributed by atoms with Crippen molar-refractivity contribution in [1.82, 2.24) is 0 Å². The maximum Gasteiger partial charge on any atom is 0.186 e. The van der Waals surface area contributed by atoms with Gasteiger partial charge in [-0.05, 0) is 6.42 Å². The van der Waals surface area contributed by atoms with Crippen LogP contribution in [0.25, 0.3) is 0 Å². The Morgan fingerprint density at radius 1 is 0.840 bits per heavy atom. The summed E-state index contributed by atoms with van der Waals surface area (Å²) in [6.07, 6.45) is -4.12. The minimum absolute atomic E-state index is 0.196. The molecule has 1 aliphatic heterocycles. The lowest BCUT2D eigenvalue weighted by atomic mass is 9.99. The molecule has 0 aromatic rings. The minimum Gasteiger partial charge on any atom is -0.394 e. The normalized spacial score (nSPS) is 29.9. The molecule has 0 unspecified atom stereocenters. The molecule has 3 N–H and O–H groups in total. The first-order chi connectivity index (χ1) is 12.2. The average molecular weight is 368 g/mol. The van der Waals surface area contributed by atoms with Crippen molar-refractivity contribution >= 4 is 0 Å². The van der Waals surface area contributed by atoms with Crippen molar-refractivity contribution in [2.75, 3.05) is 60.0 Å². The Morgan fingerprint density at radius 2 is 1.40 bits per heavy atom. The number of hydrogen-bond donors (Lipinski definition) is 3. The first kappa shape index (κ1) is 22.7. The third-order valence-corrected chi connectivity index (χ3v) is 3.69. The molecule has 1 fully saturated rings. The summed E-state index contributed by atoms with van der Waals surface area (Å²) < 4.78 is 31.9. The van der Waals surface area contributed by atoms with Crippen LogP contribution < -0.4 is 0 Å². The van der Waals surface area contributed by atoms with Crippen LogP contribution in [0.3, 0.4) is 0 Å². The zero-order chi connectivity index (χ0) is 18.5. The van der Waals surface area contributed by atoms with Gasteiger partial charge in [-0.3, -0.25) is 0 Å². The summed E-state index contributed by atoms with van der Waals surface area (Å²) >= 11 is 0. The lowest BCUT2D eigenvalue weighted by Gasteiger charge is -2.41. The highest BCUT2D eigenvalue weighted by Crippen LogP contribution is 2.23. The smallest absolute Gasteiger partial charge is 0.186 e. The molecule has 9 heteroatoms. The molecule has 25 heavy (non-hydrogen) atoms. The van der Waals surface area contributed by atoms with Gasteiger partial charge in [0.25, 0.3) is 0 Å². The molecule has 0 radical (unpaired) electrons. The van der Waals surface area contributed by atoms with Gasteiger partial charge in [-0.15, -0.1) is 0 Å². The number of methoxy groups -OCH3 is 1. The van der Waals surface area contributed by atoms with E-state index in [9.17, 15) is 10.2 Å². The van der Waals surface area contributed by atoms with Crippen LogP contribution in [0.4, 0.5) is 0 Å². The topological polar surface area (TPSA) is 116 Å². The lowest BCUT2D eigenvalue weighted by Crippen LogP contribution is -2.60. The Kier molecular flexibility index (Phi) is 12.5. The van der Waals surface area contributed by atoms with Gasteiger partial charge in [0.1, 0.15) is 24.4 Å². The van der Waals surface area contributed by atoms with Crippen molar-refractivity contribution in [3.8, 4) is 0 Å². The number of aliphatic hydroxyl groups excluding tert-OH is 3. The van der Waals surface area contributed by atoms with E-state index < -0.39 is 37.3 Å². The summed E-state index contributed by atoms with van der Waals surface area (Å²) in [5, 5.41) is 29.1. The standard InChI is InChI=1S/C16H32O9/c1-3-4-21-5-6-22-7-8-23-9-10-24-15-14(19)13(18)12(11-17)25-16(15)20-2/h12-19H,3-11H2,1-2H3/t12-,13-,14+,15+,16+/m0/s1. The second kappa shape index (κ2) is 13.8. The fourth-order valence-electron chi connectivity index (χ4n) is 2.35. The maximum atomic E-state index is 10.1. The lowest BCUT2D eigenvalue weighted by molar-refractivity contribution is -0.304. The maximum absolute atomic E-state index is 10.1. The Balaban J connectivity index is 2.10. The van der Waals surface area contributed by atoms with Crippen molar-refractivity contribution in [2.24, 2.45) is 0 Å². The molecule has 9 nitrogen and oxygen atoms in total. The summed E-state index contributed by atoms with van der Waals surface area (Å²) in [6.45, 7) is 4.86. The molecule has 1 heterocycles. The Hall–Kier alpha value is -0.360. The van der Waals surface area contributed by atoms with Gasteiger partial charge in [-0.25, -0.2) is 0 Å². The van der Waals surface area contributed by atoms with Gasteiger partial charge in [-0.1, -0.05) is 6.92 Å². The summed E-state index contributed by atoms with van der Waals surface area (Å²) in [5.74, 6) is 0. The molecule has 0 amide bonds. The fourth-order valence-corrected chi connectivity index (χ4v) is 2.35. The van der Waals surface area contributed by atoms with Crippen molar-refractivity contribution < 1.29 is 43.7 Å². The average Bonchev–Trinajstić information content (AvgIpc) is 2.63. The SMILES string of the molecule is CCCOCCOCCOCCO[C@H]1[C@H](OC)O[C@@H](CO)[C@H](O)[C@H]1O. The molecule has 0 spiro atoms. The van der Waals surface area contributed by atoms with Gasteiger partial charge in [0.15, 0.2) is 6.29 Å². The van der Waals surface area contributed by atoms with Crippen LogP contribution in [0.5, 0.6) is 0 Å². The van der Waals surface area contributed by atoms with Crippen LogP contribution >= 0.6 is 0 Å². The quantitative estimate of drug-likeness (QED) is 0.329. The van der Waals surface area contributed by atoms with Gasteiger partial charge in [0, 0.05) is 13.7 Å². The van der Waals surface area contributed by atoms with Gasteiger partial charge in [0.2, 0.25) is 0 Å². The van der Waals surface area contributed by atoms with Crippen LogP contribution in [0.1, 0.15) is 13.3 Å². The zero-order valence-electron chi connectivity index (χ0n) is 15.0. The molecular weight excluding hydrogens is 336 g/mol. The molecular formula is C16H32O9. The summed E-state index contributed by atoms with van der Waals surface area (Å²) in [7, 11) is 1.40. The third kappa shape index (κ3) is 8.25. The highest BCUT2D eigenvalue weighted by molar-refractivity contribution is 4.89. The van der Waals surface area contributed by atoms with E-state index in [4.69, 9.17) is 33.5 Å². The van der Waals surface area contributed by atoms with Crippen molar-refractivity contribution in [2.45, 2.75) is 44.1 Å². The Morgan fingerprint density at radius 3 is 1.92 bits per heavy atom. The minimum atomic E-state index is -1.24. The van der Waals surface area contributed by atoms with E-state index in [2.05, 4.69) is 6.92 Å². The Labute approximate surface area is 148 Å². The summed E-state index contributed by atoms with van der Waals surface area (Å²) in [5.41, 5.74) is 0. The molecule has 1 rings (SSSR count). The van der Waals surface area contributed by atoms with Crippen LogP contribution in [-0.2, 0) is 28.4 Å². The van der Waals surface area contributed by atoms with E-state index in [1.54, 1.807) is 0 Å². The predicted octanol–water partition coefficient (Wildman–Crippen LogP) is -1.08. The molecule has 0 aromatic carbocycles. The molecule has 150 valence electrons. The molecule has 0 aliphatic carbocycles. The molecule has 1 saturated heterocycles. The molecule has 0 bridgehead atoms. The van der Waals surface area contributed by atoms with Crippen molar-refractivity contribution in [3.05, 3.63) is 0 Å². The van der Waals surface area contributed by atoms with Crippen LogP contribution in [0.15, 0.2) is 0 Å². The van der Waals surface area contributed by atoms with E-state index in [0.717, 1.165) is 13.0 Å². The Bertz CT molecular complexity index is 316. The van der Waals surface area contributed by atoms with Gasteiger partial charge in [0.05, 0.1) is 46.2 Å². The summed E-state index contributed by atoms with van der Waals surface area (Å²) in [4.78, 5) is 0. The zero-order valence-corrected chi connectivity index (χ0v) is 15.0. The van der Waals surface area contributed by atoms with Gasteiger partial charge >= 0.3 is 0 Å². The second-order valence-electron chi connectivity index (χ2n) is 5.61. The van der Waals surface area contributed by atoms with Crippen LogP contribution in [0, 0.1) is 0 Å². The predicted molar refractivity (Wildman–Crippen MR) is 87.3 cm³/mol. The van der Waals surface area contributed by atoms with E-state index in [1.807, 2.05) is 0 Å². The van der Waals surface area contributed by atoms with Gasteiger partial charge < -0.3 is 43.7 Å².